The number of hydrogen-bond donors (Lipinski definition) is 1. The zero-order valence-corrected chi connectivity index (χ0v) is 13.3. The van der Waals surface area contributed by atoms with Crippen LogP contribution in [0.5, 0.6) is 0 Å². The lowest BCUT2D eigenvalue weighted by Gasteiger charge is -2.12. The maximum atomic E-state index is 13.1. The second-order valence-electron chi connectivity index (χ2n) is 4.24. The van der Waals surface area contributed by atoms with Gasteiger partial charge in [-0.3, -0.25) is 0 Å². The van der Waals surface area contributed by atoms with Gasteiger partial charge in [-0.2, -0.15) is 13.2 Å². The van der Waals surface area contributed by atoms with Crippen LogP contribution in [0.2, 0.25) is 0 Å². The molecule has 120 valence electrons. The smallest absolute Gasteiger partial charge is 0.398 e. The summed E-state index contributed by atoms with van der Waals surface area (Å²) in [6, 6.07) is 7.21. The fourth-order valence-corrected chi connectivity index (χ4v) is 2.94. The van der Waals surface area contributed by atoms with Gasteiger partial charge < -0.3 is 5.73 Å². The van der Waals surface area contributed by atoms with Crippen LogP contribution in [-0.4, -0.2) is 0 Å². The predicted octanol–water partition coefficient (Wildman–Crippen LogP) is 5.74. The van der Waals surface area contributed by atoms with E-state index in [-0.39, 0.29) is 24.0 Å². The number of nitrogen functional groups attached to an aromatic ring is 1. The summed E-state index contributed by atoms with van der Waals surface area (Å²) in [5, 5.41) is 0. The van der Waals surface area contributed by atoms with Gasteiger partial charge in [0.1, 0.15) is 5.82 Å². The lowest BCUT2D eigenvalue weighted by atomic mass is 10.2. The van der Waals surface area contributed by atoms with Crippen LogP contribution >= 0.6 is 35.8 Å². The highest BCUT2D eigenvalue weighted by atomic mass is 35.5. The van der Waals surface area contributed by atoms with Crippen LogP contribution < -0.4 is 5.73 Å². The minimum atomic E-state index is -4.44. The minimum Gasteiger partial charge on any atom is -0.398 e. The fraction of sp³-hybridized carbons (Fsp3) is 0.143. The van der Waals surface area contributed by atoms with Gasteiger partial charge in [0, 0.05) is 21.4 Å². The number of alkyl halides is 4. The van der Waals surface area contributed by atoms with Gasteiger partial charge >= 0.3 is 6.18 Å². The van der Waals surface area contributed by atoms with E-state index in [9.17, 15) is 17.6 Å². The average Bonchev–Trinajstić information content (AvgIpc) is 2.41. The Balaban J connectivity index is 0.00000242. The predicted molar refractivity (Wildman–Crippen MR) is 83.2 cm³/mol. The van der Waals surface area contributed by atoms with Crippen LogP contribution in [0.3, 0.4) is 0 Å². The van der Waals surface area contributed by atoms with E-state index in [0.717, 1.165) is 23.9 Å². The number of rotatable bonds is 3. The summed E-state index contributed by atoms with van der Waals surface area (Å²) in [5.41, 5.74) is 5.42. The molecule has 2 rings (SSSR count). The van der Waals surface area contributed by atoms with Gasteiger partial charge in [0.25, 0.3) is 0 Å². The molecular weight excluding hydrogens is 361 g/mol. The van der Waals surface area contributed by atoms with Gasteiger partial charge in [-0.1, -0.05) is 11.8 Å². The molecule has 2 aromatic rings. The van der Waals surface area contributed by atoms with Crippen molar-refractivity contribution in [2.24, 2.45) is 0 Å². The molecule has 0 unspecified atom stereocenters. The summed E-state index contributed by atoms with van der Waals surface area (Å²) in [5.74, 6) is -0.323. The standard InChI is InChI=1S/C14H10ClF4NS.ClH/c15-7-8-5-10(16)2-4-12(8)21-13-3-1-9(6-11(13)20)14(17,18)19;/h1-6H,7,20H2;1H. The normalized spacial score (nSPS) is 11.1. The molecule has 0 aliphatic rings. The largest absolute Gasteiger partial charge is 0.416 e. The monoisotopic (exact) mass is 371 g/mol. The molecule has 22 heavy (non-hydrogen) atoms. The number of halogens is 6. The van der Waals surface area contributed by atoms with Crippen LogP contribution in [0.1, 0.15) is 11.1 Å². The highest BCUT2D eigenvalue weighted by molar-refractivity contribution is 7.99. The van der Waals surface area contributed by atoms with Crippen molar-refractivity contribution in [3.05, 3.63) is 53.3 Å². The molecule has 0 amide bonds. The SMILES string of the molecule is Cl.Nc1cc(C(F)(F)F)ccc1Sc1ccc(F)cc1CCl. The Hall–Kier alpha value is -1.11. The second kappa shape index (κ2) is 7.44. The molecule has 0 atom stereocenters. The van der Waals surface area contributed by atoms with E-state index in [1.165, 1.54) is 24.3 Å². The molecule has 0 fully saturated rings. The molecule has 0 aromatic heterocycles. The highest BCUT2D eigenvalue weighted by Gasteiger charge is 2.30. The first-order chi connectivity index (χ1) is 9.81. The average molecular weight is 372 g/mol. The van der Waals surface area contributed by atoms with Crippen molar-refractivity contribution in [2.75, 3.05) is 5.73 Å². The quantitative estimate of drug-likeness (QED) is 0.423. The maximum Gasteiger partial charge on any atom is 0.416 e. The second-order valence-corrected chi connectivity index (χ2v) is 5.59. The summed E-state index contributed by atoms with van der Waals surface area (Å²) in [7, 11) is 0. The van der Waals surface area contributed by atoms with E-state index in [1.807, 2.05) is 0 Å². The topological polar surface area (TPSA) is 26.0 Å². The third kappa shape index (κ3) is 4.44. The molecule has 0 aliphatic heterocycles. The zero-order chi connectivity index (χ0) is 15.6. The molecule has 1 nitrogen and oxygen atoms in total. The third-order valence-electron chi connectivity index (χ3n) is 2.72. The molecule has 0 heterocycles. The Labute approximate surface area is 140 Å². The van der Waals surface area contributed by atoms with E-state index >= 15 is 0 Å². The van der Waals surface area contributed by atoms with Gasteiger partial charge in [-0.15, -0.1) is 24.0 Å². The van der Waals surface area contributed by atoms with E-state index in [2.05, 4.69) is 0 Å². The van der Waals surface area contributed by atoms with E-state index in [0.29, 0.717) is 15.4 Å². The Morgan fingerprint density at radius 2 is 1.68 bits per heavy atom. The Kier molecular flexibility index (Phi) is 6.40. The summed E-state index contributed by atoms with van der Waals surface area (Å²) in [6.45, 7) is 0. The molecule has 2 aromatic carbocycles. The van der Waals surface area contributed by atoms with Crippen LogP contribution in [-0.2, 0) is 12.1 Å². The van der Waals surface area contributed by atoms with Crippen molar-refractivity contribution >= 4 is 41.5 Å². The molecule has 2 N–H and O–H groups in total. The van der Waals surface area contributed by atoms with Crippen molar-refractivity contribution in [1.82, 2.24) is 0 Å². The van der Waals surface area contributed by atoms with Crippen molar-refractivity contribution < 1.29 is 17.6 Å². The molecule has 0 radical (unpaired) electrons. The number of nitrogens with two attached hydrogens (primary N) is 1. The number of hydrogen-bond acceptors (Lipinski definition) is 2. The zero-order valence-electron chi connectivity index (χ0n) is 11.0. The lowest BCUT2D eigenvalue weighted by molar-refractivity contribution is -0.137. The molecule has 0 spiro atoms. The Morgan fingerprint density at radius 1 is 1.05 bits per heavy atom. The highest BCUT2D eigenvalue weighted by Crippen LogP contribution is 2.38. The molecule has 0 saturated heterocycles. The first-order valence-corrected chi connectivity index (χ1v) is 7.15. The third-order valence-corrected chi connectivity index (χ3v) is 4.22. The van der Waals surface area contributed by atoms with Crippen molar-refractivity contribution in [1.29, 1.82) is 0 Å². The van der Waals surface area contributed by atoms with Crippen molar-refractivity contribution in [3.63, 3.8) is 0 Å². The van der Waals surface area contributed by atoms with E-state index < -0.39 is 17.6 Å². The van der Waals surface area contributed by atoms with Gasteiger partial charge in [0.2, 0.25) is 0 Å². The maximum absolute atomic E-state index is 13.1. The number of benzene rings is 2. The van der Waals surface area contributed by atoms with Crippen molar-refractivity contribution in [2.45, 2.75) is 21.8 Å². The fourth-order valence-electron chi connectivity index (χ4n) is 1.69. The Morgan fingerprint density at radius 3 is 2.23 bits per heavy atom. The van der Waals surface area contributed by atoms with Gasteiger partial charge in [-0.05, 0) is 42.0 Å². The summed E-state index contributed by atoms with van der Waals surface area (Å²) < 4.78 is 50.8. The lowest BCUT2D eigenvalue weighted by Crippen LogP contribution is -2.05. The van der Waals surface area contributed by atoms with Gasteiger partial charge in [0.05, 0.1) is 5.56 Å². The molecule has 0 aliphatic carbocycles. The van der Waals surface area contributed by atoms with Gasteiger partial charge in [-0.25, -0.2) is 4.39 Å². The van der Waals surface area contributed by atoms with Crippen molar-refractivity contribution in [3.8, 4) is 0 Å². The summed E-state index contributed by atoms with van der Waals surface area (Å²) in [6.07, 6.45) is -4.44. The van der Waals surface area contributed by atoms with Crippen LogP contribution in [0, 0.1) is 5.82 Å². The Bertz CT molecular complexity index is 662. The van der Waals surface area contributed by atoms with E-state index in [1.54, 1.807) is 0 Å². The number of anilines is 1. The molecule has 0 saturated carbocycles. The van der Waals surface area contributed by atoms with Crippen LogP contribution in [0.4, 0.5) is 23.2 Å². The molecule has 8 heteroatoms. The van der Waals surface area contributed by atoms with Crippen LogP contribution in [0.25, 0.3) is 0 Å². The summed E-state index contributed by atoms with van der Waals surface area (Å²) in [4.78, 5) is 1.11. The first-order valence-electron chi connectivity index (χ1n) is 5.80. The summed E-state index contributed by atoms with van der Waals surface area (Å²) >= 11 is 6.89. The van der Waals surface area contributed by atoms with Gasteiger partial charge in [0.15, 0.2) is 0 Å². The molecular formula is C14H11Cl2F4NS. The molecule has 0 bridgehead atoms. The van der Waals surface area contributed by atoms with E-state index in [4.69, 9.17) is 17.3 Å². The van der Waals surface area contributed by atoms with Crippen LogP contribution in [0.15, 0.2) is 46.2 Å². The first kappa shape index (κ1) is 18.9. The minimum absolute atomic E-state index is 0.